The zero-order chi connectivity index (χ0) is 28.6. The number of nitrogen functional groups attached to an aromatic ring is 1. The molecular weight excluding hydrogens is 494 g/mol. The van der Waals surface area contributed by atoms with Crippen LogP contribution in [0.25, 0.3) is 16.7 Å². The summed E-state index contributed by atoms with van der Waals surface area (Å²) in [4.78, 5) is 13.0. The number of halogens is 2. The maximum Gasteiger partial charge on any atom is 0.250 e. The quantitative estimate of drug-likeness (QED) is 0.236. The van der Waals surface area contributed by atoms with E-state index in [-0.39, 0.29) is 12.8 Å². The van der Waals surface area contributed by atoms with Gasteiger partial charge in [-0.25, -0.2) is 8.78 Å². The Morgan fingerprint density at radius 3 is 2.38 bits per heavy atom. The Labute approximate surface area is 231 Å². The molecule has 0 radical (unpaired) electrons. The van der Waals surface area contributed by atoms with Crippen LogP contribution in [0.4, 0.5) is 20.2 Å². The molecule has 2 aromatic heterocycles. The SMILES string of the molecule is C=C(Nc1ccc(CN(C)C)nc1)C(=C)c1cc(-c2cncc(CN3CCC(F)(F)CC3)c2)ccc1N.CC. The predicted octanol–water partition coefficient (Wildman–Crippen LogP) is 6.68. The number of benzene rings is 1. The molecule has 4 rings (SSSR count). The Kier molecular flexibility index (Phi) is 10.3. The van der Waals surface area contributed by atoms with Gasteiger partial charge in [-0.3, -0.25) is 14.9 Å². The predicted molar refractivity (Wildman–Crippen MR) is 158 cm³/mol. The second-order valence-corrected chi connectivity index (χ2v) is 9.87. The first-order valence-corrected chi connectivity index (χ1v) is 13.3. The van der Waals surface area contributed by atoms with Crippen LogP contribution >= 0.6 is 0 Å². The number of nitrogens with one attached hydrogen (secondary N) is 1. The van der Waals surface area contributed by atoms with Crippen LogP contribution in [-0.2, 0) is 13.1 Å². The van der Waals surface area contributed by atoms with Crippen molar-refractivity contribution in [2.45, 2.75) is 45.7 Å². The lowest BCUT2D eigenvalue weighted by atomic mass is 9.97. The van der Waals surface area contributed by atoms with E-state index in [0.29, 0.717) is 36.6 Å². The van der Waals surface area contributed by atoms with Crippen LogP contribution < -0.4 is 11.1 Å². The van der Waals surface area contributed by atoms with Gasteiger partial charge in [0.05, 0.1) is 17.6 Å². The zero-order valence-corrected chi connectivity index (χ0v) is 23.5. The molecule has 3 heterocycles. The van der Waals surface area contributed by atoms with E-state index in [4.69, 9.17) is 5.73 Å². The summed E-state index contributed by atoms with van der Waals surface area (Å²) in [5.74, 6) is -2.55. The van der Waals surface area contributed by atoms with Crippen LogP contribution in [-0.4, -0.2) is 52.9 Å². The molecule has 3 N–H and O–H groups in total. The summed E-state index contributed by atoms with van der Waals surface area (Å²) in [6.45, 7) is 14.5. The van der Waals surface area contributed by atoms with Gasteiger partial charge >= 0.3 is 0 Å². The van der Waals surface area contributed by atoms with Crippen molar-refractivity contribution in [2.24, 2.45) is 0 Å². The van der Waals surface area contributed by atoms with Crippen molar-refractivity contribution >= 4 is 16.9 Å². The number of aromatic nitrogens is 2. The third-order valence-corrected chi connectivity index (χ3v) is 6.46. The van der Waals surface area contributed by atoms with Crippen LogP contribution in [0.1, 0.15) is 43.5 Å². The number of nitrogens with zero attached hydrogens (tertiary/aromatic N) is 4. The Morgan fingerprint density at radius 2 is 1.74 bits per heavy atom. The molecule has 3 aromatic rings. The second kappa shape index (κ2) is 13.4. The highest BCUT2D eigenvalue weighted by Crippen LogP contribution is 2.32. The molecule has 6 nitrogen and oxygen atoms in total. The highest BCUT2D eigenvalue weighted by atomic mass is 19.3. The average molecular weight is 535 g/mol. The van der Waals surface area contributed by atoms with E-state index in [2.05, 4.69) is 33.3 Å². The molecule has 0 aliphatic carbocycles. The van der Waals surface area contributed by atoms with Crippen LogP contribution in [0.3, 0.4) is 0 Å². The first kappa shape index (κ1) is 29.9. The molecule has 0 saturated carbocycles. The number of hydrogen-bond acceptors (Lipinski definition) is 6. The van der Waals surface area contributed by atoms with Crippen molar-refractivity contribution in [3.63, 3.8) is 0 Å². The third kappa shape index (κ3) is 8.43. The number of nitrogens with two attached hydrogens (primary N) is 1. The highest BCUT2D eigenvalue weighted by molar-refractivity contribution is 5.87. The second-order valence-electron chi connectivity index (χ2n) is 9.87. The molecule has 0 spiro atoms. The van der Waals surface area contributed by atoms with E-state index in [1.165, 1.54) is 0 Å². The first-order valence-electron chi connectivity index (χ1n) is 13.3. The lowest BCUT2D eigenvalue weighted by Crippen LogP contribution is -2.38. The van der Waals surface area contributed by atoms with Crippen molar-refractivity contribution in [2.75, 3.05) is 38.2 Å². The molecule has 0 unspecified atom stereocenters. The van der Waals surface area contributed by atoms with Crippen molar-refractivity contribution in [3.05, 3.63) is 90.7 Å². The van der Waals surface area contributed by atoms with Gasteiger partial charge in [0.15, 0.2) is 0 Å². The van der Waals surface area contributed by atoms with E-state index in [1.807, 2.05) is 69.2 Å². The summed E-state index contributed by atoms with van der Waals surface area (Å²) in [6.07, 6.45) is 5.16. The number of rotatable bonds is 9. The minimum atomic E-state index is -2.55. The molecule has 1 aliphatic rings. The standard InChI is InChI=1S/C29H34F2N6.C2H6/c1-20(21(2)35-25-6-7-26(34-17-25)19-36(3)4)27-14-23(5-8-28(27)32)24-13-22(15-33-16-24)18-37-11-9-29(30,31)10-12-37;1-2/h5-8,13-17,35H,1-2,9-12,18-19,32H2,3-4H3;1-2H3. The number of piperidine rings is 1. The molecule has 0 bridgehead atoms. The fourth-order valence-corrected chi connectivity index (χ4v) is 4.35. The molecule has 0 atom stereocenters. The Morgan fingerprint density at radius 1 is 1.03 bits per heavy atom. The molecule has 39 heavy (non-hydrogen) atoms. The van der Waals surface area contributed by atoms with Gasteiger partial charge in [0, 0.05) is 73.9 Å². The molecule has 1 saturated heterocycles. The van der Waals surface area contributed by atoms with E-state index in [9.17, 15) is 8.78 Å². The fourth-order valence-electron chi connectivity index (χ4n) is 4.35. The van der Waals surface area contributed by atoms with Crippen LogP contribution in [0.2, 0.25) is 0 Å². The molecular formula is C31H40F2N6. The van der Waals surface area contributed by atoms with E-state index in [0.717, 1.165) is 40.2 Å². The number of anilines is 2. The highest BCUT2D eigenvalue weighted by Gasteiger charge is 2.33. The topological polar surface area (TPSA) is 70.3 Å². The maximum absolute atomic E-state index is 13.5. The van der Waals surface area contributed by atoms with Gasteiger partial charge in [-0.05, 0) is 61.1 Å². The van der Waals surface area contributed by atoms with Gasteiger partial charge in [-0.1, -0.05) is 33.1 Å². The molecule has 1 aromatic carbocycles. The van der Waals surface area contributed by atoms with Gasteiger partial charge in [-0.2, -0.15) is 0 Å². The van der Waals surface area contributed by atoms with Crippen molar-refractivity contribution in [1.29, 1.82) is 0 Å². The number of hydrogen-bond donors (Lipinski definition) is 2. The van der Waals surface area contributed by atoms with E-state index >= 15 is 0 Å². The summed E-state index contributed by atoms with van der Waals surface area (Å²) in [5, 5.41) is 3.27. The average Bonchev–Trinajstić information content (AvgIpc) is 2.92. The monoisotopic (exact) mass is 534 g/mol. The smallest absolute Gasteiger partial charge is 0.250 e. The van der Waals surface area contributed by atoms with Crippen molar-refractivity contribution in [3.8, 4) is 11.1 Å². The summed E-state index contributed by atoms with van der Waals surface area (Å²) >= 11 is 0. The minimum Gasteiger partial charge on any atom is -0.398 e. The van der Waals surface area contributed by atoms with Crippen LogP contribution in [0, 0.1) is 0 Å². The lowest BCUT2D eigenvalue weighted by Gasteiger charge is -2.31. The summed E-state index contributed by atoms with van der Waals surface area (Å²) in [6, 6.07) is 11.8. The Bertz CT molecular complexity index is 1260. The first-order chi connectivity index (χ1) is 18.6. The minimum absolute atomic E-state index is 0.0994. The normalized spacial score (nSPS) is 14.8. The zero-order valence-electron chi connectivity index (χ0n) is 23.5. The van der Waals surface area contributed by atoms with Crippen molar-refractivity contribution in [1.82, 2.24) is 19.8 Å². The van der Waals surface area contributed by atoms with E-state index < -0.39 is 5.92 Å². The maximum atomic E-state index is 13.5. The van der Waals surface area contributed by atoms with Crippen LogP contribution in [0.15, 0.2) is 73.8 Å². The van der Waals surface area contributed by atoms with Gasteiger partial charge in [0.1, 0.15) is 0 Å². The fraction of sp³-hybridized carbons (Fsp3) is 0.355. The third-order valence-electron chi connectivity index (χ3n) is 6.46. The number of allylic oxidation sites excluding steroid dienone is 1. The molecule has 1 aliphatic heterocycles. The Hall–Kier alpha value is -3.62. The molecule has 0 amide bonds. The molecule has 8 heteroatoms. The number of alkyl halides is 2. The van der Waals surface area contributed by atoms with Crippen LogP contribution in [0.5, 0.6) is 0 Å². The summed E-state index contributed by atoms with van der Waals surface area (Å²) < 4.78 is 27.0. The van der Waals surface area contributed by atoms with Gasteiger partial charge < -0.3 is 16.0 Å². The molecule has 1 fully saturated rings. The number of pyridine rings is 2. The lowest BCUT2D eigenvalue weighted by molar-refractivity contribution is -0.0566. The van der Waals surface area contributed by atoms with Gasteiger partial charge in [0.2, 0.25) is 0 Å². The number of likely N-dealkylation sites (tertiary alicyclic amines) is 1. The Balaban J connectivity index is 0.00000205. The molecule has 208 valence electrons. The van der Waals surface area contributed by atoms with Crippen molar-refractivity contribution < 1.29 is 8.78 Å². The largest absolute Gasteiger partial charge is 0.398 e. The van der Waals surface area contributed by atoms with E-state index in [1.54, 1.807) is 18.6 Å². The van der Waals surface area contributed by atoms with Gasteiger partial charge in [0.25, 0.3) is 5.92 Å². The summed E-state index contributed by atoms with van der Waals surface area (Å²) in [7, 11) is 4.01. The van der Waals surface area contributed by atoms with Gasteiger partial charge in [-0.15, -0.1) is 0 Å². The summed E-state index contributed by atoms with van der Waals surface area (Å²) in [5.41, 5.74) is 13.6.